The van der Waals surface area contributed by atoms with E-state index in [-0.39, 0.29) is 49.5 Å². The van der Waals surface area contributed by atoms with Crippen LogP contribution in [-0.2, 0) is 4.79 Å². The molecule has 0 bridgehead atoms. The van der Waals surface area contributed by atoms with Crippen LogP contribution in [0, 0.1) is 12.8 Å². The van der Waals surface area contributed by atoms with Crippen LogP contribution in [0.25, 0.3) is 0 Å². The number of hydrogen-bond donors (Lipinski definition) is 3. The zero-order valence-electron chi connectivity index (χ0n) is 18.2. The molecule has 2 fully saturated rings. The maximum atomic E-state index is 12.4. The molecule has 2 atom stereocenters. The minimum absolute atomic E-state index is 0. The maximum Gasteiger partial charge on any atom is 0.304 e. The lowest BCUT2D eigenvalue weighted by atomic mass is 9.96. The van der Waals surface area contributed by atoms with E-state index in [1.165, 1.54) is 16.2 Å². The predicted octanol–water partition coefficient (Wildman–Crippen LogP) is 4.06. The largest absolute Gasteiger partial charge is 0.481 e. The van der Waals surface area contributed by atoms with Gasteiger partial charge in [-0.1, -0.05) is 11.3 Å². The molecule has 4 rings (SSSR count). The minimum atomic E-state index is -0.719. The lowest BCUT2D eigenvalue weighted by molar-refractivity contribution is -0.137. The first-order valence-electron chi connectivity index (χ1n) is 10.4. The van der Waals surface area contributed by atoms with Crippen molar-refractivity contribution < 1.29 is 14.7 Å². The first-order valence-corrected chi connectivity index (χ1v) is 12.0. The van der Waals surface area contributed by atoms with Crippen molar-refractivity contribution in [3.8, 4) is 0 Å². The lowest BCUT2D eigenvalue weighted by Crippen LogP contribution is -2.38. The molecule has 0 radical (unpaired) electrons. The third kappa shape index (κ3) is 8.61. The van der Waals surface area contributed by atoms with Crippen molar-refractivity contribution in [3.63, 3.8) is 0 Å². The fourth-order valence-electron chi connectivity index (χ4n) is 3.90. The van der Waals surface area contributed by atoms with E-state index in [0.29, 0.717) is 35.1 Å². The molecular formula is C20H30Cl3N5O3S2. The van der Waals surface area contributed by atoms with Crippen molar-refractivity contribution in [2.45, 2.75) is 44.6 Å². The smallest absolute Gasteiger partial charge is 0.304 e. The monoisotopic (exact) mass is 557 g/mol. The molecule has 0 unspecified atom stereocenters. The third-order valence-corrected chi connectivity index (χ3v) is 7.62. The number of amides is 1. The maximum absolute atomic E-state index is 12.4. The van der Waals surface area contributed by atoms with E-state index < -0.39 is 5.97 Å². The van der Waals surface area contributed by atoms with Gasteiger partial charge in [-0.2, -0.15) is 0 Å². The van der Waals surface area contributed by atoms with Crippen LogP contribution in [0.3, 0.4) is 0 Å². The zero-order chi connectivity index (χ0) is 21.1. The van der Waals surface area contributed by atoms with Gasteiger partial charge < -0.3 is 15.3 Å². The Morgan fingerprint density at radius 1 is 1.21 bits per heavy atom. The third-order valence-electron chi connectivity index (χ3n) is 5.80. The Hall–Kier alpha value is -1.01. The molecule has 3 N–H and O–H groups in total. The molecule has 1 aliphatic carbocycles. The number of carbonyl (C=O) groups is 2. The second-order valence-electron chi connectivity index (χ2n) is 8.10. The summed E-state index contributed by atoms with van der Waals surface area (Å²) in [5.74, 6) is 0.305. The second-order valence-corrected chi connectivity index (χ2v) is 10.2. The highest BCUT2D eigenvalue weighted by Gasteiger charge is 2.39. The zero-order valence-corrected chi connectivity index (χ0v) is 22.3. The predicted molar refractivity (Wildman–Crippen MR) is 139 cm³/mol. The van der Waals surface area contributed by atoms with Crippen LogP contribution in [0.5, 0.6) is 0 Å². The van der Waals surface area contributed by atoms with Gasteiger partial charge in [0, 0.05) is 28.8 Å². The van der Waals surface area contributed by atoms with Gasteiger partial charge in [-0.25, -0.2) is 0 Å². The number of nitrogens with one attached hydrogen (secondary N) is 2. The fraction of sp³-hybridized carbons (Fsp3) is 0.600. The highest BCUT2D eigenvalue weighted by molar-refractivity contribution is 7.15. The minimum Gasteiger partial charge on any atom is -0.481 e. The number of rotatable bonds is 9. The van der Waals surface area contributed by atoms with Gasteiger partial charge in [0.2, 0.25) is 5.13 Å². The Morgan fingerprint density at radius 2 is 1.94 bits per heavy atom. The Labute approximate surface area is 220 Å². The van der Waals surface area contributed by atoms with Crippen molar-refractivity contribution in [3.05, 3.63) is 26.9 Å². The molecular weight excluding hydrogens is 529 g/mol. The molecule has 186 valence electrons. The molecule has 0 spiro atoms. The van der Waals surface area contributed by atoms with E-state index in [0.717, 1.165) is 43.9 Å². The molecule has 3 heterocycles. The van der Waals surface area contributed by atoms with Crippen molar-refractivity contribution in [2.24, 2.45) is 5.92 Å². The number of aryl methyl sites for hydroxylation is 1. The van der Waals surface area contributed by atoms with Crippen molar-refractivity contribution in [1.29, 1.82) is 0 Å². The van der Waals surface area contributed by atoms with E-state index >= 15 is 0 Å². The Balaban J connectivity index is 0.00000181. The summed E-state index contributed by atoms with van der Waals surface area (Å²) in [6.45, 7) is 5.52. The normalized spacial score (nSPS) is 20.2. The Bertz CT molecular complexity index is 905. The molecule has 2 aromatic rings. The van der Waals surface area contributed by atoms with Gasteiger partial charge in [-0.3, -0.25) is 14.9 Å². The highest BCUT2D eigenvalue weighted by atomic mass is 35.5. The lowest BCUT2D eigenvalue weighted by Gasteiger charge is -2.31. The number of carboxylic acids is 1. The quantitative estimate of drug-likeness (QED) is 0.426. The summed E-state index contributed by atoms with van der Waals surface area (Å²) >= 11 is 3.02. The van der Waals surface area contributed by atoms with Crippen LogP contribution in [0.2, 0.25) is 0 Å². The van der Waals surface area contributed by atoms with Crippen molar-refractivity contribution in [1.82, 2.24) is 20.4 Å². The molecule has 2 aromatic heterocycles. The molecule has 8 nitrogen and oxygen atoms in total. The Morgan fingerprint density at radius 3 is 2.58 bits per heavy atom. The topological polar surface area (TPSA) is 107 Å². The number of nitrogens with zero attached hydrogens (tertiary/aromatic N) is 3. The molecule has 1 amide bonds. The number of hydrogen-bond acceptors (Lipinski definition) is 8. The molecule has 1 saturated heterocycles. The molecule has 33 heavy (non-hydrogen) atoms. The van der Waals surface area contributed by atoms with E-state index in [1.807, 2.05) is 18.4 Å². The summed E-state index contributed by atoms with van der Waals surface area (Å²) < 4.78 is 0. The number of aliphatic carboxylic acids is 1. The van der Waals surface area contributed by atoms with E-state index in [1.54, 1.807) is 11.3 Å². The molecule has 0 aromatic carbocycles. The summed E-state index contributed by atoms with van der Waals surface area (Å²) in [5.41, 5.74) is 0.683. The second kappa shape index (κ2) is 13.8. The van der Waals surface area contributed by atoms with E-state index in [9.17, 15) is 9.59 Å². The molecule has 2 aliphatic rings. The average Bonchev–Trinajstić information content (AvgIpc) is 3.12. The molecule has 1 saturated carbocycles. The van der Waals surface area contributed by atoms with Crippen LogP contribution in [0.15, 0.2) is 11.4 Å². The van der Waals surface area contributed by atoms with Gasteiger partial charge in [0.15, 0.2) is 0 Å². The van der Waals surface area contributed by atoms with E-state index in [2.05, 4.69) is 25.7 Å². The van der Waals surface area contributed by atoms with Crippen LogP contribution >= 0.6 is 59.9 Å². The van der Waals surface area contributed by atoms with Gasteiger partial charge in [-0.05, 0) is 57.8 Å². The molecule has 1 aliphatic heterocycles. The van der Waals surface area contributed by atoms with Gasteiger partial charge in [-0.15, -0.1) is 58.8 Å². The first-order chi connectivity index (χ1) is 14.5. The van der Waals surface area contributed by atoms with Crippen LogP contribution in [0.1, 0.15) is 51.8 Å². The van der Waals surface area contributed by atoms with Crippen molar-refractivity contribution in [2.75, 3.05) is 31.5 Å². The van der Waals surface area contributed by atoms with Gasteiger partial charge in [0.05, 0.1) is 12.0 Å². The number of halogens is 3. The highest BCUT2D eigenvalue weighted by Crippen LogP contribution is 2.43. The number of carbonyl (C=O) groups excluding carboxylic acids is 1. The van der Waals surface area contributed by atoms with E-state index in [4.69, 9.17) is 5.11 Å². The van der Waals surface area contributed by atoms with Crippen LogP contribution in [0.4, 0.5) is 5.13 Å². The number of carboxylic acid groups (broad SMARTS) is 1. The first kappa shape index (κ1) is 30.0. The number of aromatic nitrogens is 2. The average molecular weight is 559 g/mol. The number of anilines is 1. The Kier molecular flexibility index (Phi) is 12.5. The summed E-state index contributed by atoms with van der Waals surface area (Å²) in [7, 11) is 0. The number of piperidine rings is 1. The van der Waals surface area contributed by atoms with Gasteiger partial charge >= 0.3 is 5.97 Å². The summed E-state index contributed by atoms with van der Waals surface area (Å²) in [6, 6.07) is 2.50. The number of thiophene rings is 1. The van der Waals surface area contributed by atoms with Crippen LogP contribution in [-0.4, -0.2) is 64.3 Å². The van der Waals surface area contributed by atoms with Crippen molar-refractivity contribution >= 4 is 76.9 Å². The summed E-state index contributed by atoms with van der Waals surface area (Å²) in [4.78, 5) is 26.6. The molecule has 13 heteroatoms. The van der Waals surface area contributed by atoms with Gasteiger partial charge in [0.1, 0.15) is 5.01 Å². The van der Waals surface area contributed by atoms with Crippen LogP contribution < -0.4 is 10.6 Å². The number of likely N-dealkylation sites (tertiary alicyclic amines) is 1. The summed E-state index contributed by atoms with van der Waals surface area (Å²) in [6.07, 6.45) is 3.60. The standard InChI is InChI=1S/C20H27N5O3S2.3ClH/c1-12-23-24-20(30-12)22-19(28)14-8-17(29-11-14)15-9-16(15)21-10-13-2-5-25(6-3-13)7-4-18(26)27;;;/h8,11,13,15-16,21H,2-7,9-10H2,1H3,(H,26,27)(H,22,24,28);3*1H/t15-,16-;;;/m1.../s1. The summed E-state index contributed by atoms with van der Waals surface area (Å²) in [5, 5.41) is 26.4. The fourth-order valence-corrected chi connectivity index (χ4v) is 5.56. The van der Waals surface area contributed by atoms with Gasteiger partial charge in [0.25, 0.3) is 5.91 Å². The SMILES string of the molecule is Cc1nnc(NC(=O)c2csc([C@@H]3C[C@H]3NCC3CCN(CCC(=O)O)CC3)c2)s1.Cl.Cl.Cl.